The van der Waals surface area contributed by atoms with Gasteiger partial charge in [0.05, 0.1) is 5.75 Å². The summed E-state index contributed by atoms with van der Waals surface area (Å²) in [5.41, 5.74) is 1.95. The van der Waals surface area contributed by atoms with E-state index in [0.29, 0.717) is 16.9 Å². The molecule has 3 aromatic rings. The second-order valence-corrected chi connectivity index (χ2v) is 6.91. The third kappa shape index (κ3) is 5.05. The van der Waals surface area contributed by atoms with Crippen LogP contribution >= 0.6 is 11.8 Å². The van der Waals surface area contributed by atoms with Crippen LogP contribution in [0, 0.1) is 12.7 Å². The van der Waals surface area contributed by atoms with E-state index in [1.54, 1.807) is 24.3 Å². The number of aryl methyl sites for hydroxylation is 1. The Kier molecular flexibility index (Phi) is 6.04. The maximum Gasteiger partial charge on any atom is 0.321 e. The number of hydrogen-bond donors (Lipinski definition) is 0. The standard InChI is InChI=1S/C22H17FO3S/c1-15-4-2-3-5-20(15)27-14-21(24)26-19-12-8-17(9-13-19)22(25)16-6-10-18(23)11-7-16/h2-13H,14H2,1H3. The van der Waals surface area contributed by atoms with E-state index < -0.39 is 5.82 Å². The molecule has 27 heavy (non-hydrogen) atoms. The van der Waals surface area contributed by atoms with E-state index >= 15 is 0 Å². The first-order chi connectivity index (χ1) is 13.0. The van der Waals surface area contributed by atoms with Crippen molar-refractivity contribution in [2.24, 2.45) is 0 Å². The van der Waals surface area contributed by atoms with Crippen molar-refractivity contribution in [3.8, 4) is 5.75 Å². The second kappa shape index (κ2) is 8.64. The van der Waals surface area contributed by atoms with E-state index in [1.165, 1.54) is 36.0 Å². The van der Waals surface area contributed by atoms with Gasteiger partial charge in [-0.3, -0.25) is 9.59 Å². The van der Waals surface area contributed by atoms with Crippen LogP contribution in [0.5, 0.6) is 5.75 Å². The van der Waals surface area contributed by atoms with Crippen LogP contribution in [-0.4, -0.2) is 17.5 Å². The average molecular weight is 380 g/mol. The largest absolute Gasteiger partial charge is 0.426 e. The minimum absolute atomic E-state index is 0.196. The van der Waals surface area contributed by atoms with Crippen LogP contribution in [-0.2, 0) is 4.79 Å². The Hall–Kier alpha value is -2.92. The van der Waals surface area contributed by atoms with Gasteiger partial charge in [0.1, 0.15) is 11.6 Å². The Labute approximate surface area is 161 Å². The zero-order valence-electron chi connectivity index (χ0n) is 14.6. The highest BCUT2D eigenvalue weighted by atomic mass is 32.2. The van der Waals surface area contributed by atoms with E-state index in [4.69, 9.17) is 4.74 Å². The maximum atomic E-state index is 13.0. The molecule has 3 aromatic carbocycles. The predicted octanol–water partition coefficient (Wildman–Crippen LogP) is 5.06. The molecule has 0 radical (unpaired) electrons. The number of hydrogen-bond acceptors (Lipinski definition) is 4. The molecule has 3 rings (SSSR count). The third-order valence-corrected chi connectivity index (χ3v) is 5.04. The monoisotopic (exact) mass is 380 g/mol. The van der Waals surface area contributed by atoms with Gasteiger partial charge < -0.3 is 4.74 Å². The van der Waals surface area contributed by atoms with Crippen LogP contribution < -0.4 is 4.74 Å². The quantitative estimate of drug-likeness (QED) is 0.259. The molecule has 0 fully saturated rings. The number of halogens is 1. The number of ether oxygens (including phenoxy) is 1. The molecule has 0 atom stereocenters. The number of ketones is 1. The first-order valence-electron chi connectivity index (χ1n) is 8.32. The van der Waals surface area contributed by atoms with E-state index in [0.717, 1.165) is 10.5 Å². The normalized spacial score (nSPS) is 10.4. The molecule has 3 nitrogen and oxygen atoms in total. The van der Waals surface area contributed by atoms with Gasteiger partial charge in [0.15, 0.2) is 5.78 Å². The lowest BCUT2D eigenvalue weighted by atomic mass is 10.0. The first kappa shape index (κ1) is 18.9. The number of benzene rings is 3. The topological polar surface area (TPSA) is 43.4 Å². The Morgan fingerprint density at radius 1 is 0.889 bits per heavy atom. The molecule has 0 aliphatic carbocycles. The zero-order valence-corrected chi connectivity index (χ0v) is 15.5. The Morgan fingerprint density at radius 2 is 1.48 bits per heavy atom. The van der Waals surface area contributed by atoms with E-state index in [9.17, 15) is 14.0 Å². The van der Waals surface area contributed by atoms with Crippen LogP contribution in [0.2, 0.25) is 0 Å². The summed E-state index contributed by atoms with van der Waals surface area (Å²) in [5.74, 6) is -0.400. The van der Waals surface area contributed by atoms with Crippen molar-refractivity contribution in [3.05, 3.63) is 95.3 Å². The van der Waals surface area contributed by atoms with Gasteiger partial charge in [0.2, 0.25) is 0 Å². The first-order valence-corrected chi connectivity index (χ1v) is 9.31. The van der Waals surface area contributed by atoms with Gasteiger partial charge in [-0.25, -0.2) is 4.39 Å². The molecule has 0 amide bonds. The van der Waals surface area contributed by atoms with Crippen LogP contribution in [0.25, 0.3) is 0 Å². The molecule has 0 aromatic heterocycles. The molecular weight excluding hydrogens is 363 g/mol. The zero-order chi connectivity index (χ0) is 19.2. The molecule has 0 bridgehead atoms. The molecule has 0 saturated carbocycles. The SMILES string of the molecule is Cc1ccccc1SCC(=O)Oc1ccc(C(=O)c2ccc(F)cc2)cc1. The highest BCUT2D eigenvalue weighted by Crippen LogP contribution is 2.22. The van der Waals surface area contributed by atoms with Crippen LogP contribution in [0.4, 0.5) is 4.39 Å². The van der Waals surface area contributed by atoms with Crippen molar-refractivity contribution in [2.45, 2.75) is 11.8 Å². The van der Waals surface area contributed by atoms with E-state index in [1.807, 2.05) is 31.2 Å². The number of thioether (sulfide) groups is 1. The molecule has 0 saturated heterocycles. The highest BCUT2D eigenvalue weighted by molar-refractivity contribution is 8.00. The highest BCUT2D eigenvalue weighted by Gasteiger charge is 2.11. The maximum absolute atomic E-state index is 13.0. The molecular formula is C22H17FO3S. The fourth-order valence-corrected chi connectivity index (χ4v) is 3.26. The van der Waals surface area contributed by atoms with Gasteiger partial charge in [-0.05, 0) is 67.1 Å². The predicted molar refractivity (Wildman–Crippen MR) is 104 cm³/mol. The Bertz CT molecular complexity index is 950. The molecule has 136 valence electrons. The third-order valence-electron chi connectivity index (χ3n) is 3.89. The van der Waals surface area contributed by atoms with Crippen LogP contribution in [0.3, 0.4) is 0 Å². The lowest BCUT2D eigenvalue weighted by molar-refractivity contribution is -0.131. The van der Waals surface area contributed by atoms with Gasteiger partial charge in [-0.2, -0.15) is 0 Å². The minimum atomic E-state index is -0.391. The fraction of sp³-hybridized carbons (Fsp3) is 0.0909. The van der Waals surface area contributed by atoms with Gasteiger partial charge in [-0.15, -0.1) is 11.8 Å². The van der Waals surface area contributed by atoms with Crippen molar-refractivity contribution in [2.75, 3.05) is 5.75 Å². The van der Waals surface area contributed by atoms with Crippen molar-refractivity contribution in [3.63, 3.8) is 0 Å². The summed E-state index contributed by atoms with van der Waals surface area (Å²) in [6.45, 7) is 1.99. The summed E-state index contributed by atoms with van der Waals surface area (Å²) in [5, 5.41) is 0. The van der Waals surface area contributed by atoms with Gasteiger partial charge in [0, 0.05) is 16.0 Å². The number of carbonyl (C=O) groups is 2. The molecule has 5 heteroatoms. The minimum Gasteiger partial charge on any atom is -0.426 e. The summed E-state index contributed by atoms with van der Waals surface area (Å²) >= 11 is 1.42. The molecule has 0 N–H and O–H groups in total. The molecule has 0 aliphatic heterocycles. The molecule has 0 heterocycles. The number of esters is 1. The van der Waals surface area contributed by atoms with Crippen molar-refractivity contribution in [1.82, 2.24) is 0 Å². The Balaban J connectivity index is 1.58. The summed E-state index contributed by atoms with van der Waals surface area (Å²) in [6, 6.07) is 19.5. The lowest BCUT2D eigenvalue weighted by Crippen LogP contribution is -2.11. The van der Waals surface area contributed by atoms with Crippen molar-refractivity contribution in [1.29, 1.82) is 0 Å². The van der Waals surface area contributed by atoms with Crippen molar-refractivity contribution < 1.29 is 18.7 Å². The smallest absolute Gasteiger partial charge is 0.321 e. The second-order valence-electron chi connectivity index (χ2n) is 5.89. The summed E-state index contributed by atoms with van der Waals surface area (Å²) in [4.78, 5) is 25.4. The van der Waals surface area contributed by atoms with Gasteiger partial charge in [0.25, 0.3) is 0 Å². The lowest BCUT2D eigenvalue weighted by Gasteiger charge is -2.07. The van der Waals surface area contributed by atoms with Gasteiger partial charge >= 0.3 is 5.97 Å². The fourth-order valence-electron chi connectivity index (χ4n) is 2.46. The summed E-state index contributed by atoms with van der Waals surface area (Å²) in [6.07, 6.45) is 0. The van der Waals surface area contributed by atoms with E-state index in [2.05, 4.69) is 0 Å². The molecule has 0 spiro atoms. The summed E-state index contributed by atoms with van der Waals surface area (Å²) in [7, 11) is 0. The Morgan fingerprint density at radius 3 is 2.11 bits per heavy atom. The van der Waals surface area contributed by atoms with Gasteiger partial charge in [-0.1, -0.05) is 18.2 Å². The molecule has 0 unspecified atom stereocenters. The average Bonchev–Trinajstić information content (AvgIpc) is 2.68. The summed E-state index contributed by atoms with van der Waals surface area (Å²) < 4.78 is 18.3. The molecule has 0 aliphatic rings. The number of carbonyl (C=O) groups excluding carboxylic acids is 2. The van der Waals surface area contributed by atoms with E-state index in [-0.39, 0.29) is 17.5 Å². The van der Waals surface area contributed by atoms with Crippen LogP contribution in [0.1, 0.15) is 21.5 Å². The van der Waals surface area contributed by atoms with Crippen molar-refractivity contribution >= 4 is 23.5 Å². The number of rotatable bonds is 6. The van der Waals surface area contributed by atoms with Crippen LogP contribution in [0.15, 0.2) is 77.7 Å².